The molecule has 0 radical (unpaired) electrons. The number of aryl methyl sites for hydroxylation is 1. The Bertz CT molecular complexity index is 499. The predicted octanol–water partition coefficient (Wildman–Crippen LogP) is 3.14. The lowest BCUT2D eigenvalue weighted by Crippen LogP contribution is -2.57. The maximum Gasteiger partial charge on any atom is 0.315 e. The number of hydrogen-bond acceptors (Lipinski definition) is 4. The summed E-state index contributed by atoms with van der Waals surface area (Å²) in [7, 11) is 0. The summed E-state index contributed by atoms with van der Waals surface area (Å²) < 4.78 is 0. The van der Waals surface area contributed by atoms with Crippen LogP contribution in [0.5, 0.6) is 0 Å². The highest BCUT2D eigenvalue weighted by atomic mass is 32.1. The molecule has 2 atom stereocenters. The van der Waals surface area contributed by atoms with Crippen LogP contribution in [0.3, 0.4) is 0 Å². The van der Waals surface area contributed by atoms with Gasteiger partial charge in [0.2, 0.25) is 0 Å². The Labute approximate surface area is 136 Å². The van der Waals surface area contributed by atoms with Crippen LogP contribution in [0, 0.1) is 12.8 Å². The fraction of sp³-hybridized carbons (Fsp3) is 0.750. The summed E-state index contributed by atoms with van der Waals surface area (Å²) in [6, 6.07) is -0.365. The third kappa shape index (κ3) is 4.20. The van der Waals surface area contributed by atoms with Crippen molar-refractivity contribution in [1.82, 2.24) is 15.6 Å². The number of carbonyl (C=O) groups is 1. The van der Waals surface area contributed by atoms with Crippen molar-refractivity contribution in [2.45, 2.75) is 64.5 Å². The van der Waals surface area contributed by atoms with Crippen LogP contribution in [-0.2, 0) is 0 Å². The number of carbonyl (C=O) groups excluding carboxylic acids is 1. The number of aliphatic hydroxyl groups is 1. The number of aromatic nitrogens is 1. The quantitative estimate of drug-likeness (QED) is 0.778. The summed E-state index contributed by atoms with van der Waals surface area (Å²) in [5.74, 6) is 0.342. The van der Waals surface area contributed by atoms with E-state index in [9.17, 15) is 9.90 Å². The molecule has 124 valence electrons. The van der Waals surface area contributed by atoms with Gasteiger partial charge in [-0.25, -0.2) is 9.78 Å². The van der Waals surface area contributed by atoms with Gasteiger partial charge in [-0.3, -0.25) is 0 Å². The van der Waals surface area contributed by atoms with E-state index in [0.29, 0.717) is 5.92 Å². The summed E-state index contributed by atoms with van der Waals surface area (Å²) in [5.41, 5.74) is 0.416. The third-order valence-corrected chi connectivity index (χ3v) is 5.73. The van der Waals surface area contributed by atoms with Crippen molar-refractivity contribution in [2.75, 3.05) is 6.61 Å². The van der Waals surface area contributed by atoms with E-state index in [4.69, 9.17) is 0 Å². The second-order valence-electron chi connectivity index (χ2n) is 6.56. The van der Waals surface area contributed by atoms with Gasteiger partial charge in [0, 0.05) is 11.1 Å². The Morgan fingerprint density at radius 2 is 2.18 bits per heavy atom. The molecule has 5 nitrogen and oxygen atoms in total. The minimum Gasteiger partial charge on any atom is -0.394 e. The molecule has 0 bridgehead atoms. The molecule has 1 heterocycles. The fourth-order valence-electron chi connectivity index (χ4n) is 3.14. The van der Waals surface area contributed by atoms with Crippen molar-refractivity contribution in [3.63, 3.8) is 0 Å². The van der Waals surface area contributed by atoms with Crippen LogP contribution in [0.4, 0.5) is 4.79 Å². The average Bonchev–Trinajstić information content (AvgIpc) is 2.94. The first-order valence-electron chi connectivity index (χ1n) is 8.06. The molecule has 1 aliphatic rings. The minimum absolute atomic E-state index is 0.0319. The maximum atomic E-state index is 12.3. The molecular formula is C16H27N3O2S. The molecule has 1 aliphatic carbocycles. The number of nitrogens with one attached hydrogen (secondary N) is 2. The summed E-state index contributed by atoms with van der Waals surface area (Å²) >= 11 is 1.55. The molecular weight excluding hydrogens is 298 g/mol. The first-order valence-corrected chi connectivity index (χ1v) is 8.94. The summed E-state index contributed by atoms with van der Waals surface area (Å²) in [6.07, 6.45) is 5.75. The van der Waals surface area contributed by atoms with E-state index in [2.05, 4.69) is 15.6 Å². The lowest BCUT2D eigenvalue weighted by molar-refractivity contribution is 0.101. The fourth-order valence-corrected chi connectivity index (χ4v) is 3.94. The van der Waals surface area contributed by atoms with Gasteiger partial charge < -0.3 is 15.7 Å². The van der Waals surface area contributed by atoms with E-state index < -0.39 is 5.54 Å². The zero-order valence-corrected chi connectivity index (χ0v) is 14.5. The van der Waals surface area contributed by atoms with Crippen molar-refractivity contribution in [3.05, 3.63) is 16.1 Å². The molecule has 0 spiro atoms. The van der Waals surface area contributed by atoms with Crippen LogP contribution >= 0.6 is 11.3 Å². The van der Waals surface area contributed by atoms with Gasteiger partial charge in [-0.15, -0.1) is 11.3 Å². The second-order valence-corrected chi connectivity index (χ2v) is 7.45. The predicted molar refractivity (Wildman–Crippen MR) is 89.0 cm³/mol. The Kier molecular flexibility index (Phi) is 5.81. The van der Waals surface area contributed by atoms with Crippen LogP contribution in [0.2, 0.25) is 0 Å². The van der Waals surface area contributed by atoms with Gasteiger partial charge in [0.1, 0.15) is 5.01 Å². The first-order chi connectivity index (χ1) is 10.4. The van der Waals surface area contributed by atoms with E-state index in [-0.39, 0.29) is 18.7 Å². The second kappa shape index (κ2) is 7.42. The van der Waals surface area contributed by atoms with Crippen LogP contribution < -0.4 is 10.6 Å². The Morgan fingerprint density at radius 3 is 2.73 bits per heavy atom. The number of rotatable bonds is 5. The molecule has 1 fully saturated rings. The van der Waals surface area contributed by atoms with E-state index >= 15 is 0 Å². The SMILES string of the molecule is Cc1csc([C@@H](C)NC(=O)N[C@@](C)(CO)C2CCCCC2)n1. The molecule has 2 rings (SSSR count). The lowest BCUT2D eigenvalue weighted by atomic mass is 9.76. The van der Waals surface area contributed by atoms with Gasteiger partial charge in [-0.05, 0) is 39.5 Å². The number of hydrogen-bond donors (Lipinski definition) is 3. The molecule has 22 heavy (non-hydrogen) atoms. The van der Waals surface area contributed by atoms with E-state index in [0.717, 1.165) is 23.5 Å². The molecule has 0 aromatic carbocycles. The lowest BCUT2D eigenvalue weighted by Gasteiger charge is -2.39. The molecule has 0 saturated heterocycles. The Balaban J connectivity index is 1.93. The molecule has 0 aliphatic heterocycles. The number of aliphatic hydroxyl groups excluding tert-OH is 1. The highest BCUT2D eigenvalue weighted by Gasteiger charge is 2.36. The smallest absolute Gasteiger partial charge is 0.315 e. The maximum absolute atomic E-state index is 12.3. The van der Waals surface area contributed by atoms with Gasteiger partial charge in [0.15, 0.2) is 0 Å². The van der Waals surface area contributed by atoms with E-state index in [1.807, 2.05) is 26.2 Å². The highest BCUT2D eigenvalue weighted by molar-refractivity contribution is 7.09. The minimum atomic E-state index is -0.553. The Morgan fingerprint density at radius 1 is 1.50 bits per heavy atom. The van der Waals surface area contributed by atoms with E-state index in [1.165, 1.54) is 19.3 Å². The topological polar surface area (TPSA) is 74.2 Å². The Hall–Kier alpha value is -1.14. The standard InChI is InChI=1S/C16H27N3O2S/c1-11-9-22-14(17-11)12(2)18-15(21)19-16(3,10-20)13-7-5-4-6-8-13/h9,12-13,20H,4-8,10H2,1-3H3,(H2,18,19,21)/t12-,16+/m1/s1. The average molecular weight is 325 g/mol. The first kappa shape index (κ1) is 17.2. The zero-order valence-electron chi connectivity index (χ0n) is 13.7. The van der Waals surface area contributed by atoms with Gasteiger partial charge in [0.25, 0.3) is 0 Å². The van der Waals surface area contributed by atoms with Crippen molar-refractivity contribution in [3.8, 4) is 0 Å². The van der Waals surface area contributed by atoms with Crippen LogP contribution in [-0.4, -0.2) is 28.3 Å². The van der Waals surface area contributed by atoms with Crippen molar-refractivity contribution in [1.29, 1.82) is 0 Å². The summed E-state index contributed by atoms with van der Waals surface area (Å²) in [5, 5.41) is 18.6. The number of urea groups is 1. The largest absolute Gasteiger partial charge is 0.394 e. The number of amides is 2. The molecule has 1 aromatic rings. The zero-order chi connectivity index (χ0) is 16.2. The van der Waals surface area contributed by atoms with Gasteiger partial charge >= 0.3 is 6.03 Å². The van der Waals surface area contributed by atoms with Gasteiger partial charge in [-0.2, -0.15) is 0 Å². The van der Waals surface area contributed by atoms with Gasteiger partial charge in [0.05, 0.1) is 18.2 Å². The van der Waals surface area contributed by atoms with Crippen LogP contribution in [0.15, 0.2) is 5.38 Å². The monoisotopic (exact) mass is 325 g/mol. The number of nitrogens with zero attached hydrogens (tertiary/aromatic N) is 1. The van der Waals surface area contributed by atoms with Crippen LogP contribution in [0.1, 0.15) is 62.7 Å². The van der Waals surface area contributed by atoms with Crippen molar-refractivity contribution < 1.29 is 9.90 Å². The highest BCUT2D eigenvalue weighted by Crippen LogP contribution is 2.32. The molecule has 1 aromatic heterocycles. The number of thiazole rings is 1. The van der Waals surface area contributed by atoms with E-state index in [1.54, 1.807) is 11.3 Å². The van der Waals surface area contributed by atoms with Gasteiger partial charge in [-0.1, -0.05) is 19.3 Å². The third-order valence-electron chi connectivity index (χ3n) is 4.59. The van der Waals surface area contributed by atoms with Crippen LogP contribution in [0.25, 0.3) is 0 Å². The molecule has 1 saturated carbocycles. The summed E-state index contributed by atoms with van der Waals surface area (Å²) in [6.45, 7) is 5.78. The molecule has 6 heteroatoms. The summed E-state index contributed by atoms with van der Waals surface area (Å²) in [4.78, 5) is 16.7. The normalized spacial score (nSPS) is 20.2. The molecule has 0 unspecified atom stereocenters. The molecule has 3 N–H and O–H groups in total. The van der Waals surface area contributed by atoms with Crippen molar-refractivity contribution >= 4 is 17.4 Å². The van der Waals surface area contributed by atoms with Crippen molar-refractivity contribution in [2.24, 2.45) is 5.92 Å². The molecule has 2 amide bonds.